The summed E-state index contributed by atoms with van der Waals surface area (Å²) in [6, 6.07) is 30.5. The van der Waals surface area contributed by atoms with E-state index >= 15 is 0 Å². The Labute approximate surface area is 320 Å². The highest BCUT2D eigenvalue weighted by molar-refractivity contribution is 7.46. The number of hydrogen-bond donors (Lipinski definition) is 4. The number of amides is 2. The van der Waals surface area contributed by atoms with Crippen LogP contribution in [-0.2, 0) is 47.7 Å². The van der Waals surface area contributed by atoms with Gasteiger partial charge in [0, 0.05) is 23.4 Å². The van der Waals surface area contributed by atoms with E-state index in [0.717, 1.165) is 10.9 Å². The number of furan rings is 1. The van der Waals surface area contributed by atoms with Gasteiger partial charge in [0.05, 0.1) is 23.7 Å². The molecular weight excluding hydrogens is 745 g/mol. The molecule has 0 fully saturated rings. The number of para-hydroxylation sites is 2. The maximum Gasteiger partial charge on any atom is 0.469 e. The standard InChI is InChI=1S/C40H38N3O12P/c1-26(28-10-4-3-5-11-28)41-37(45)40(2,42-38(46)51-24-32-20-30-12-6-9-15-35(30)55-32)21-31-22-43(34-14-8-7-13-33(31)34)39(47)53-25-52-36(44)29-18-16-27(17-19-29)23-54-56(48,49)50/h3-20,22,26H,21,23-25H2,1-2H3,(H,41,45)(H,42,46)(H2,48,49,50)/t26?,40-/m1/s1. The minimum Gasteiger partial charge on any atom is -0.457 e. The number of phosphoric ester groups is 1. The third-order valence-electron chi connectivity index (χ3n) is 8.84. The van der Waals surface area contributed by atoms with E-state index in [0.29, 0.717) is 33.4 Å². The van der Waals surface area contributed by atoms with E-state index in [2.05, 4.69) is 15.2 Å². The molecule has 2 aromatic heterocycles. The van der Waals surface area contributed by atoms with Crippen molar-refractivity contribution in [3.8, 4) is 0 Å². The molecule has 0 saturated heterocycles. The molecule has 16 heteroatoms. The van der Waals surface area contributed by atoms with Crippen LogP contribution in [0.1, 0.15) is 52.7 Å². The van der Waals surface area contributed by atoms with Crippen molar-refractivity contribution in [1.82, 2.24) is 15.2 Å². The van der Waals surface area contributed by atoms with E-state index in [1.807, 2.05) is 55.5 Å². The number of carbonyl (C=O) groups is 4. The highest BCUT2D eigenvalue weighted by atomic mass is 31.2. The average Bonchev–Trinajstić information content (AvgIpc) is 3.77. The van der Waals surface area contributed by atoms with Crippen LogP contribution >= 0.6 is 7.82 Å². The molecule has 6 aromatic rings. The van der Waals surface area contributed by atoms with Crippen molar-refractivity contribution in [3.63, 3.8) is 0 Å². The molecule has 0 aliphatic carbocycles. The monoisotopic (exact) mass is 783 g/mol. The van der Waals surface area contributed by atoms with Crippen LogP contribution in [-0.4, -0.2) is 50.7 Å². The van der Waals surface area contributed by atoms with Crippen molar-refractivity contribution in [3.05, 3.63) is 143 Å². The summed E-state index contributed by atoms with van der Waals surface area (Å²) in [7, 11) is -4.66. The summed E-state index contributed by atoms with van der Waals surface area (Å²) in [4.78, 5) is 71.1. The Morgan fingerprint density at radius 2 is 1.55 bits per heavy atom. The second-order valence-corrected chi connectivity index (χ2v) is 14.3. The zero-order valence-electron chi connectivity index (χ0n) is 30.2. The second-order valence-electron chi connectivity index (χ2n) is 13.0. The van der Waals surface area contributed by atoms with Gasteiger partial charge in [-0.15, -0.1) is 0 Å². The first-order valence-electron chi connectivity index (χ1n) is 17.3. The van der Waals surface area contributed by atoms with Crippen LogP contribution in [0, 0.1) is 0 Å². The molecule has 15 nitrogen and oxygen atoms in total. The normalized spacial score (nSPS) is 13.1. The smallest absolute Gasteiger partial charge is 0.457 e. The van der Waals surface area contributed by atoms with Crippen LogP contribution < -0.4 is 10.6 Å². The number of hydrogen-bond acceptors (Lipinski definition) is 10. The lowest BCUT2D eigenvalue weighted by atomic mass is 9.91. The van der Waals surface area contributed by atoms with Crippen molar-refractivity contribution in [1.29, 1.82) is 0 Å². The Balaban J connectivity index is 1.16. The third kappa shape index (κ3) is 9.88. The molecule has 0 spiro atoms. The number of nitrogens with one attached hydrogen (secondary N) is 2. The number of esters is 1. The quantitative estimate of drug-likeness (QED) is 0.0506. The first-order valence-corrected chi connectivity index (χ1v) is 18.8. The zero-order valence-corrected chi connectivity index (χ0v) is 31.1. The van der Waals surface area contributed by atoms with Gasteiger partial charge in [-0.3, -0.25) is 13.9 Å². The Bertz CT molecular complexity index is 2370. The molecule has 2 heterocycles. The van der Waals surface area contributed by atoms with Gasteiger partial charge in [-0.1, -0.05) is 78.9 Å². The number of phosphoric acid groups is 1. The molecule has 1 unspecified atom stereocenters. The Kier molecular flexibility index (Phi) is 12.0. The molecule has 0 radical (unpaired) electrons. The molecule has 0 aliphatic rings. The lowest BCUT2D eigenvalue weighted by Crippen LogP contribution is -2.58. The molecule has 6 rings (SSSR count). The summed E-state index contributed by atoms with van der Waals surface area (Å²) in [6.07, 6.45) is -0.344. The van der Waals surface area contributed by atoms with Gasteiger partial charge in [0.25, 0.3) is 0 Å². The van der Waals surface area contributed by atoms with E-state index in [1.165, 1.54) is 35.0 Å². The van der Waals surface area contributed by atoms with E-state index in [1.54, 1.807) is 43.3 Å². The van der Waals surface area contributed by atoms with Gasteiger partial charge in [-0.05, 0) is 60.9 Å². The van der Waals surface area contributed by atoms with Crippen LogP contribution in [0.15, 0.2) is 120 Å². The number of aromatic nitrogens is 1. The topological polar surface area (TPSA) is 205 Å². The molecule has 0 saturated carbocycles. The van der Waals surface area contributed by atoms with E-state index in [4.69, 9.17) is 28.4 Å². The summed E-state index contributed by atoms with van der Waals surface area (Å²) in [6.45, 7) is 2.09. The van der Waals surface area contributed by atoms with Gasteiger partial charge in [0.2, 0.25) is 12.7 Å². The lowest BCUT2D eigenvalue weighted by molar-refractivity contribution is -0.127. The number of nitrogens with zero attached hydrogens (tertiary/aromatic N) is 1. The fraction of sp³-hybridized carbons (Fsp3) is 0.200. The number of ether oxygens (including phenoxy) is 3. The van der Waals surface area contributed by atoms with E-state index in [9.17, 15) is 23.7 Å². The van der Waals surface area contributed by atoms with Gasteiger partial charge in [-0.25, -0.2) is 18.9 Å². The van der Waals surface area contributed by atoms with E-state index < -0.39 is 50.3 Å². The maximum absolute atomic E-state index is 14.1. The third-order valence-corrected chi connectivity index (χ3v) is 9.31. The molecule has 4 N–H and O–H groups in total. The summed E-state index contributed by atoms with van der Waals surface area (Å²) in [5.41, 5.74) is 1.33. The average molecular weight is 784 g/mol. The van der Waals surface area contributed by atoms with Crippen molar-refractivity contribution < 1.29 is 56.7 Å². The van der Waals surface area contributed by atoms with E-state index in [-0.39, 0.29) is 25.2 Å². The number of carbonyl (C=O) groups excluding carboxylic acids is 4. The molecule has 0 aliphatic heterocycles. The second kappa shape index (κ2) is 17.0. The number of alkyl carbamates (subject to hydrolysis) is 1. The van der Waals surface area contributed by atoms with Crippen molar-refractivity contribution >= 4 is 53.8 Å². The SMILES string of the molecule is CC(NC(=O)[C@@](C)(Cc1cn(C(=O)OCOC(=O)c2ccc(COP(=O)(O)O)cc2)c2ccccc12)NC(=O)OCc1cc2ccccc2o1)c1ccccc1. The Morgan fingerprint density at radius 3 is 2.29 bits per heavy atom. The van der Waals surface area contributed by atoms with Crippen LogP contribution in [0.5, 0.6) is 0 Å². The highest BCUT2D eigenvalue weighted by Crippen LogP contribution is 2.37. The van der Waals surface area contributed by atoms with Gasteiger partial charge in [0.15, 0.2) is 6.61 Å². The fourth-order valence-corrected chi connectivity index (χ4v) is 6.29. The summed E-state index contributed by atoms with van der Waals surface area (Å²) in [5.74, 6) is -0.909. The summed E-state index contributed by atoms with van der Waals surface area (Å²) < 4.78 is 38.3. The maximum atomic E-state index is 14.1. The van der Waals surface area contributed by atoms with Gasteiger partial charge < -0.3 is 39.0 Å². The molecule has 56 heavy (non-hydrogen) atoms. The minimum absolute atomic E-state index is 0.0783. The van der Waals surface area contributed by atoms with Crippen LogP contribution in [0.25, 0.3) is 21.9 Å². The number of rotatable bonds is 14. The number of fused-ring (bicyclic) bond motifs is 2. The predicted octanol–water partition coefficient (Wildman–Crippen LogP) is 6.90. The van der Waals surface area contributed by atoms with Crippen LogP contribution in [0.2, 0.25) is 0 Å². The fourth-order valence-electron chi connectivity index (χ4n) is 5.97. The molecule has 0 bridgehead atoms. The molecule has 2 atom stereocenters. The first-order chi connectivity index (χ1) is 26.8. The predicted molar refractivity (Wildman–Crippen MR) is 202 cm³/mol. The lowest BCUT2D eigenvalue weighted by Gasteiger charge is -2.30. The Morgan fingerprint density at radius 1 is 0.857 bits per heavy atom. The molecule has 290 valence electrons. The first kappa shape index (κ1) is 39.4. The minimum atomic E-state index is -4.66. The van der Waals surface area contributed by atoms with Crippen molar-refractivity contribution in [2.24, 2.45) is 0 Å². The van der Waals surface area contributed by atoms with Crippen molar-refractivity contribution in [2.45, 2.75) is 45.1 Å². The Hall–Kier alpha value is -6.25. The van der Waals surface area contributed by atoms with Gasteiger partial charge >= 0.3 is 26.0 Å². The molecule has 2 amide bonds. The number of benzene rings is 4. The zero-order chi connectivity index (χ0) is 39.9. The van der Waals surface area contributed by atoms with Crippen LogP contribution in [0.3, 0.4) is 0 Å². The summed E-state index contributed by atoms with van der Waals surface area (Å²) in [5, 5.41) is 7.17. The van der Waals surface area contributed by atoms with Crippen molar-refractivity contribution in [2.75, 3.05) is 6.79 Å². The van der Waals surface area contributed by atoms with Crippen LogP contribution in [0.4, 0.5) is 9.59 Å². The van der Waals surface area contributed by atoms with Gasteiger partial charge in [0.1, 0.15) is 16.9 Å². The summed E-state index contributed by atoms with van der Waals surface area (Å²) >= 11 is 0. The molecule has 4 aromatic carbocycles. The molecular formula is C40H38N3O12P. The highest BCUT2D eigenvalue weighted by Gasteiger charge is 2.38. The van der Waals surface area contributed by atoms with Gasteiger partial charge in [-0.2, -0.15) is 0 Å². The largest absolute Gasteiger partial charge is 0.469 e.